The molecule has 21 heavy (non-hydrogen) atoms. The molecule has 0 saturated carbocycles. The molecule has 1 atom stereocenters. The maximum absolute atomic E-state index is 12.4. The van der Waals surface area contributed by atoms with Gasteiger partial charge < -0.3 is 5.11 Å². The van der Waals surface area contributed by atoms with Gasteiger partial charge in [0, 0.05) is 11.9 Å². The average molecular weight is 307 g/mol. The number of aliphatic hydroxyl groups is 1. The Morgan fingerprint density at radius 2 is 1.76 bits per heavy atom. The number of aliphatic hydroxyl groups excluding tert-OH is 1. The van der Waals surface area contributed by atoms with Crippen LogP contribution in [0.5, 0.6) is 0 Å². The van der Waals surface area contributed by atoms with Crippen LogP contribution in [0.4, 0.5) is 0 Å². The SMILES string of the molecule is CC(C)CC(O)CNS(=O)(=O)c1cccc2ccccc12. The van der Waals surface area contributed by atoms with E-state index in [1.165, 1.54) is 0 Å². The number of hydrogen-bond donors (Lipinski definition) is 2. The Kier molecular flexibility index (Phi) is 4.98. The maximum atomic E-state index is 12.4. The van der Waals surface area contributed by atoms with E-state index < -0.39 is 16.1 Å². The Morgan fingerprint density at radius 1 is 1.10 bits per heavy atom. The first-order valence-electron chi connectivity index (χ1n) is 7.05. The summed E-state index contributed by atoms with van der Waals surface area (Å²) in [6.07, 6.45) is -0.104. The standard InChI is InChI=1S/C16H21NO3S/c1-12(2)10-14(18)11-17-21(19,20)16-9-5-7-13-6-3-4-8-15(13)16/h3-9,12,14,17-18H,10-11H2,1-2H3. The second kappa shape index (κ2) is 6.56. The minimum atomic E-state index is -3.63. The minimum absolute atomic E-state index is 0.0315. The molecule has 1 unspecified atom stereocenters. The van der Waals surface area contributed by atoms with Crippen molar-refractivity contribution in [1.82, 2.24) is 4.72 Å². The van der Waals surface area contributed by atoms with Gasteiger partial charge in [0.05, 0.1) is 11.0 Å². The Labute approximate surface area is 125 Å². The summed E-state index contributed by atoms with van der Waals surface area (Å²) >= 11 is 0. The van der Waals surface area contributed by atoms with E-state index in [1.807, 2.05) is 38.1 Å². The van der Waals surface area contributed by atoms with Crippen LogP contribution in [0.25, 0.3) is 10.8 Å². The number of nitrogens with one attached hydrogen (secondary N) is 1. The predicted octanol–water partition coefficient (Wildman–Crippen LogP) is 2.53. The summed E-state index contributed by atoms with van der Waals surface area (Å²) in [5.74, 6) is 0.321. The van der Waals surface area contributed by atoms with Crippen LogP contribution in [0.15, 0.2) is 47.4 Å². The van der Waals surface area contributed by atoms with Crippen molar-refractivity contribution in [2.45, 2.75) is 31.3 Å². The summed E-state index contributed by atoms with van der Waals surface area (Å²) in [5, 5.41) is 11.4. The second-order valence-electron chi connectivity index (χ2n) is 5.61. The number of rotatable bonds is 6. The summed E-state index contributed by atoms with van der Waals surface area (Å²) in [7, 11) is -3.63. The zero-order chi connectivity index (χ0) is 15.5. The normalized spacial score (nSPS) is 13.7. The molecule has 2 aromatic carbocycles. The molecule has 0 bridgehead atoms. The van der Waals surface area contributed by atoms with Crippen molar-refractivity contribution in [3.8, 4) is 0 Å². The summed E-state index contributed by atoms with van der Waals surface area (Å²) in [5.41, 5.74) is 0. The maximum Gasteiger partial charge on any atom is 0.241 e. The molecular formula is C16H21NO3S. The fourth-order valence-electron chi connectivity index (χ4n) is 2.34. The molecule has 2 aromatic rings. The Balaban J connectivity index is 2.22. The molecule has 0 aliphatic rings. The molecule has 5 heteroatoms. The summed E-state index contributed by atoms with van der Waals surface area (Å²) < 4.78 is 27.3. The van der Waals surface area contributed by atoms with E-state index in [-0.39, 0.29) is 11.4 Å². The van der Waals surface area contributed by atoms with Crippen molar-refractivity contribution in [1.29, 1.82) is 0 Å². The lowest BCUT2D eigenvalue weighted by atomic mass is 10.1. The Morgan fingerprint density at radius 3 is 2.48 bits per heavy atom. The molecule has 0 aromatic heterocycles. The molecule has 114 valence electrons. The first-order valence-corrected chi connectivity index (χ1v) is 8.54. The largest absolute Gasteiger partial charge is 0.392 e. The van der Waals surface area contributed by atoms with Crippen molar-refractivity contribution in [3.63, 3.8) is 0 Å². The van der Waals surface area contributed by atoms with Gasteiger partial charge in [-0.1, -0.05) is 50.2 Å². The molecule has 0 fully saturated rings. The molecule has 2 rings (SSSR count). The molecule has 0 aliphatic heterocycles. The van der Waals surface area contributed by atoms with E-state index in [2.05, 4.69) is 4.72 Å². The van der Waals surface area contributed by atoms with Crippen molar-refractivity contribution < 1.29 is 13.5 Å². The second-order valence-corrected chi connectivity index (χ2v) is 7.35. The van der Waals surface area contributed by atoms with Crippen LogP contribution in [0.3, 0.4) is 0 Å². The van der Waals surface area contributed by atoms with Crippen LogP contribution in [0.1, 0.15) is 20.3 Å². The van der Waals surface area contributed by atoms with Gasteiger partial charge in [-0.2, -0.15) is 0 Å². The highest BCUT2D eigenvalue weighted by atomic mass is 32.2. The van der Waals surface area contributed by atoms with Gasteiger partial charge in [0.1, 0.15) is 0 Å². The van der Waals surface area contributed by atoms with E-state index in [0.29, 0.717) is 17.7 Å². The number of benzene rings is 2. The van der Waals surface area contributed by atoms with Crippen molar-refractivity contribution in [2.24, 2.45) is 5.92 Å². The molecular weight excluding hydrogens is 286 g/mol. The monoisotopic (exact) mass is 307 g/mol. The average Bonchev–Trinajstić information content (AvgIpc) is 2.44. The third kappa shape index (κ3) is 4.03. The Bertz CT molecular complexity index is 705. The topological polar surface area (TPSA) is 66.4 Å². The number of sulfonamides is 1. The highest BCUT2D eigenvalue weighted by molar-refractivity contribution is 7.89. The molecule has 0 heterocycles. The minimum Gasteiger partial charge on any atom is -0.392 e. The van der Waals surface area contributed by atoms with Gasteiger partial charge in [-0.25, -0.2) is 13.1 Å². The molecule has 0 aliphatic carbocycles. The molecule has 2 N–H and O–H groups in total. The van der Waals surface area contributed by atoms with Crippen LogP contribution in [-0.2, 0) is 10.0 Å². The number of fused-ring (bicyclic) bond motifs is 1. The lowest BCUT2D eigenvalue weighted by Gasteiger charge is -2.15. The van der Waals surface area contributed by atoms with Gasteiger partial charge in [-0.15, -0.1) is 0 Å². The predicted molar refractivity (Wildman–Crippen MR) is 84.6 cm³/mol. The lowest BCUT2D eigenvalue weighted by Crippen LogP contribution is -2.32. The smallest absolute Gasteiger partial charge is 0.241 e. The molecule has 0 radical (unpaired) electrons. The fraction of sp³-hybridized carbons (Fsp3) is 0.375. The van der Waals surface area contributed by atoms with Gasteiger partial charge >= 0.3 is 0 Å². The zero-order valence-electron chi connectivity index (χ0n) is 12.3. The van der Waals surface area contributed by atoms with Gasteiger partial charge in [0.25, 0.3) is 0 Å². The summed E-state index contributed by atoms with van der Waals surface area (Å²) in [6, 6.07) is 12.5. The van der Waals surface area contributed by atoms with E-state index in [9.17, 15) is 13.5 Å². The quantitative estimate of drug-likeness (QED) is 0.862. The third-order valence-corrected chi connectivity index (χ3v) is 4.77. The van der Waals surface area contributed by atoms with Crippen molar-refractivity contribution >= 4 is 20.8 Å². The van der Waals surface area contributed by atoms with Crippen molar-refractivity contribution in [3.05, 3.63) is 42.5 Å². The van der Waals surface area contributed by atoms with Crippen LogP contribution in [0, 0.1) is 5.92 Å². The summed E-state index contributed by atoms with van der Waals surface area (Å²) in [4.78, 5) is 0.248. The number of hydrogen-bond acceptors (Lipinski definition) is 3. The van der Waals surface area contributed by atoms with Crippen molar-refractivity contribution in [2.75, 3.05) is 6.54 Å². The summed E-state index contributed by atoms with van der Waals surface area (Å²) in [6.45, 7) is 4.01. The van der Waals surface area contributed by atoms with Crippen LogP contribution in [0.2, 0.25) is 0 Å². The van der Waals surface area contributed by atoms with Gasteiger partial charge in [0.2, 0.25) is 10.0 Å². The van der Waals surface area contributed by atoms with Crippen LogP contribution in [-0.4, -0.2) is 26.2 Å². The molecule has 0 spiro atoms. The highest BCUT2D eigenvalue weighted by Gasteiger charge is 2.18. The zero-order valence-corrected chi connectivity index (χ0v) is 13.1. The highest BCUT2D eigenvalue weighted by Crippen LogP contribution is 2.22. The van der Waals surface area contributed by atoms with Gasteiger partial charge in [0.15, 0.2) is 0 Å². The van der Waals surface area contributed by atoms with E-state index in [0.717, 1.165) is 5.39 Å². The first kappa shape index (κ1) is 15.9. The Hall–Kier alpha value is -1.43. The van der Waals surface area contributed by atoms with Gasteiger partial charge in [-0.05, 0) is 23.8 Å². The molecule has 0 amide bonds. The first-order chi connectivity index (χ1) is 9.90. The van der Waals surface area contributed by atoms with E-state index in [1.54, 1.807) is 18.2 Å². The molecule has 0 saturated heterocycles. The van der Waals surface area contributed by atoms with E-state index in [4.69, 9.17) is 0 Å². The fourth-order valence-corrected chi connectivity index (χ4v) is 3.64. The molecule has 4 nitrogen and oxygen atoms in total. The third-order valence-electron chi connectivity index (χ3n) is 3.29. The van der Waals surface area contributed by atoms with Crippen LogP contribution >= 0.6 is 0 Å². The van der Waals surface area contributed by atoms with E-state index >= 15 is 0 Å². The lowest BCUT2D eigenvalue weighted by molar-refractivity contribution is 0.152. The van der Waals surface area contributed by atoms with Crippen LogP contribution < -0.4 is 4.72 Å². The van der Waals surface area contributed by atoms with Gasteiger partial charge in [-0.3, -0.25) is 0 Å².